The van der Waals surface area contributed by atoms with E-state index in [-0.39, 0.29) is 5.82 Å². The van der Waals surface area contributed by atoms with Gasteiger partial charge in [0.15, 0.2) is 5.65 Å². The molecule has 0 unspecified atom stereocenters. The summed E-state index contributed by atoms with van der Waals surface area (Å²) in [5, 5.41) is 2.99. The van der Waals surface area contributed by atoms with Crippen molar-refractivity contribution >= 4 is 33.4 Å². The minimum absolute atomic E-state index is 0.342. The highest BCUT2D eigenvalue weighted by atomic mass is 35.5. The van der Waals surface area contributed by atoms with Gasteiger partial charge in [0.05, 0.1) is 0 Å². The lowest BCUT2D eigenvalue weighted by Gasteiger charge is -2.09. The predicted octanol–water partition coefficient (Wildman–Crippen LogP) is 5.37. The van der Waals surface area contributed by atoms with E-state index in [1.807, 2.05) is 24.3 Å². The monoisotopic (exact) mass is 324 g/mol. The molecule has 0 atom stereocenters. The number of benzene rings is 2. The average Bonchev–Trinajstić information content (AvgIpc) is 2.55. The van der Waals surface area contributed by atoms with Crippen molar-refractivity contribution in [3.05, 3.63) is 71.8 Å². The number of halogens is 2. The second-order valence-electron chi connectivity index (χ2n) is 5.04. The molecule has 112 valence electrons. The van der Waals surface area contributed by atoms with E-state index < -0.39 is 0 Å². The van der Waals surface area contributed by atoms with Crippen LogP contribution in [0.2, 0.25) is 5.15 Å². The fourth-order valence-electron chi connectivity index (χ4n) is 2.51. The molecule has 2 aromatic heterocycles. The zero-order valence-electron chi connectivity index (χ0n) is 11.8. The van der Waals surface area contributed by atoms with Gasteiger partial charge in [-0.3, -0.25) is 0 Å². The molecule has 3 nitrogen and oxygen atoms in total. The molecule has 0 aliphatic carbocycles. The van der Waals surface area contributed by atoms with Gasteiger partial charge in [-0.15, -0.1) is 0 Å². The number of hydrogen-bond donors (Lipinski definition) is 0. The van der Waals surface area contributed by atoms with E-state index in [4.69, 9.17) is 16.3 Å². The molecule has 0 spiro atoms. The summed E-state index contributed by atoms with van der Waals surface area (Å²) in [4.78, 5) is 8.52. The molecular weight excluding hydrogens is 315 g/mol. The number of ether oxygens (including phenoxy) is 1. The Morgan fingerprint density at radius 1 is 0.870 bits per heavy atom. The fraction of sp³-hybridized carbons (Fsp3) is 0. The van der Waals surface area contributed by atoms with Crippen LogP contribution in [0, 0.1) is 5.82 Å². The molecule has 5 heteroatoms. The molecule has 0 radical (unpaired) electrons. The normalized spacial score (nSPS) is 11.0. The lowest BCUT2D eigenvalue weighted by Crippen LogP contribution is -1.89. The molecule has 0 aliphatic heterocycles. The van der Waals surface area contributed by atoms with E-state index in [0.717, 1.165) is 16.2 Å². The minimum atomic E-state index is -0.342. The van der Waals surface area contributed by atoms with E-state index in [0.29, 0.717) is 22.3 Å². The van der Waals surface area contributed by atoms with Crippen LogP contribution < -0.4 is 4.74 Å². The van der Waals surface area contributed by atoms with Crippen LogP contribution in [0.1, 0.15) is 0 Å². The van der Waals surface area contributed by atoms with Crippen molar-refractivity contribution in [3.63, 3.8) is 0 Å². The zero-order valence-corrected chi connectivity index (χ0v) is 12.6. The number of fused-ring (bicyclic) bond motifs is 3. The van der Waals surface area contributed by atoms with Gasteiger partial charge in [-0.2, -0.15) is 0 Å². The number of rotatable bonds is 2. The van der Waals surface area contributed by atoms with Gasteiger partial charge in [-0.25, -0.2) is 14.4 Å². The highest BCUT2D eigenvalue weighted by molar-refractivity contribution is 6.35. The predicted molar refractivity (Wildman–Crippen MR) is 88.5 cm³/mol. The maximum absolute atomic E-state index is 13.3. The van der Waals surface area contributed by atoms with Gasteiger partial charge in [0.2, 0.25) is 0 Å². The number of nitrogens with zero attached hydrogens (tertiary/aromatic N) is 2. The first-order chi connectivity index (χ1) is 11.2. The first kappa shape index (κ1) is 13.9. The summed E-state index contributed by atoms with van der Waals surface area (Å²) in [5.74, 6) is 0.688. The summed E-state index contributed by atoms with van der Waals surface area (Å²) < 4.78 is 19.0. The van der Waals surface area contributed by atoms with Crippen molar-refractivity contribution < 1.29 is 9.13 Å². The summed E-state index contributed by atoms with van der Waals surface area (Å²) in [6, 6.07) is 15.3. The SMILES string of the molecule is Fc1cccc(Oc2ccc3c(Cl)nc4ncccc4c3c2)c1. The first-order valence-corrected chi connectivity index (χ1v) is 7.36. The summed E-state index contributed by atoms with van der Waals surface area (Å²) in [5.41, 5.74) is 0.577. The molecule has 0 fully saturated rings. The van der Waals surface area contributed by atoms with Gasteiger partial charge in [0.25, 0.3) is 0 Å². The molecule has 0 aliphatic rings. The van der Waals surface area contributed by atoms with E-state index in [9.17, 15) is 4.39 Å². The van der Waals surface area contributed by atoms with Crippen LogP contribution in [-0.2, 0) is 0 Å². The van der Waals surface area contributed by atoms with E-state index in [1.165, 1.54) is 12.1 Å². The van der Waals surface area contributed by atoms with Crippen LogP contribution in [-0.4, -0.2) is 9.97 Å². The summed E-state index contributed by atoms with van der Waals surface area (Å²) in [6.07, 6.45) is 1.67. The molecule has 0 saturated carbocycles. The highest BCUT2D eigenvalue weighted by Gasteiger charge is 2.09. The molecule has 0 amide bonds. The number of aromatic nitrogens is 2. The van der Waals surface area contributed by atoms with Crippen molar-refractivity contribution in [3.8, 4) is 11.5 Å². The minimum Gasteiger partial charge on any atom is -0.457 e. The number of pyridine rings is 2. The van der Waals surface area contributed by atoms with Crippen molar-refractivity contribution in [2.45, 2.75) is 0 Å². The van der Waals surface area contributed by atoms with Gasteiger partial charge in [0.1, 0.15) is 22.5 Å². The van der Waals surface area contributed by atoms with Crippen LogP contribution in [0.5, 0.6) is 11.5 Å². The molecule has 23 heavy (non-hydrogen) atoms. The third kappa shape index (κ3) is 2.58. The van der Waals surface area contributed by atoms with E-state index >= 15 is 0 Å². The lowest BCUT2D eigenvalue weighted by molar-refractivity contribution is 0.477. The maximum Gasteiger partial charge on any atom is 0.161 e. The Morgan fingerprint density at radius 2 is 1.74 bits per heavy atom. The average molecular weight is 325 g/mol. The quantitative estimate of drug-likeness (QED) is 0.367. The Labute approximate surface area is 136 Å². The van der Waals surface area contributed by atoms with Crippen LogP contribution in [0.25, 0.3) is 21.8 Å². The topological polar surface area (TPSA) is 35.0 Å². The Bertz CT molecular complexity index is 1040. The van der Waals surface area contributed by atoms with Crippen molar-refractivity contribution in [1.82, 2.24) is 9.97 Å². The van der Waals surface area contributed by atoms with Crippen molar-refractivity contribution in [2.75, 3.05) is 0 Å². The first-order valence-electron chi connectivity index (χ1n) is 6.98. The lowest BCUT2D eigenvalue weighted by atomic mass is 10.1. The van der Waals surface area contributed by atoms with Crippen LogP contribution in [0.3, 0.4) is 0 Å². The molecule has 0 bridgehead atoms. The summed E-state index contributed by atoms with van der Waals surface area (Å²) in [7, 11) is 0. The fourth-order valence-corrected chi connectivity index (χ4v) is 2.75. The van der Waals surface area contributed by atoms with Gasteiger partial charge in [0, 0.05) is 23.0 Å². The second-order valence-corrected chi connectivity index (χ2v) is 5.40. The molecular formula is C18H10ClFN2O. The standard InChI is InChI=1S/C18H10ClFN2O/c19-17-14-7-6-13(23-12-4-1-3-11(20)9-12)10-16(14)15-5-2-8-21-18(15)22-17/h1-10H. The van der Waals surface area contributed by atoms with Crippen LogP contribution >= 0.6 is 11.6 Å². The summed E-state index contributed by atoms with van der Waals surface area (Å²) >= 11 is 6.23. The smallest absolute Gasteiger partial charge is 0.161 e. The Balaban J connectivity index is 1.88. The van der Waals surface area contributed by atoms with Crippen molar-refractivity contribution in [1.29, 1.82) is 0 Å². The van der Waals surface area contributed by atoms with Crippen LogP contribution in [0.4, 0.5) is 4.39 Å². The van der Waals surface area contributed by atoms with E-state index in [2.05, 4.69) is 9.97 Å². The second kappa shape index (κ2) is 5.48. The van der Waals surface area contributed by atoms with Gasteiger partial charge >= 0.3 is 0 Å². The molecule has 0 saturated heterocycles. The zero-order chi connectivity index (χ0) is 15.8. The molecule has 2 heterocycles. The van der Waals surface area contributed by atoms with Gasteiger partial charge in [-0.05, 0) is 47.9 Å². The molecule has 0 N–H and O–H groups in total. The molecule has 4 aromatic rings. The van der Waals surface area contributed by atoms with Gasteiger partial charge < -0.3 is 4.74 Å². The van der Waals surface area contributed by atoms with E-state index in [1.54, 1.807) is 24.4 Å². The molecule has 2 aromatic carbocycles. The Kier molecular flexibility index (Phi) is 3.32. The van der Waals surface area contributed by atoms with Crippen LogP contribution in [0.15, 0.2) is 60.8 Å². The molecule has 4 rings (SSSR count). The Hall–Kier alpha value is -2.72. The van der Waals surface area contributed by atoms with Crippen molar-refractivity contribution in [2.24, 2.45) is 0 Å². The highest BCUT2D eigenvalue weighted by Crippen LogP contribution is 2.32. The number of hydrogen-bond acceptors (Lipinski definition) is 3. The largest absolute Gasteiger partial charge is 0.457 e. The van der Waals surface area contributed by atoms with Gasteiger partial charge in [-0.1, -0.05) is 17.7 Å². The third-order valence-corrected chi connectivity index (χ3v) is 3.81. The maximum atomic E-state index is 13.3. The Morgan fingerprint density at radius 3 is 2.61 bits per heavy atom. The third-order valence-electron chi connectivity index (χ3n) is 3.53. The summed E-state index contributed by atoms with van der Waals surface area (Å²) in [6.45, 7) is 0.